The second-order valence-electron chi connectivity index (χ2n) is 6.50. The number of aromatic nitrogens is 2. The van der Waals surface area contributed by atoms with E-state index in [0.717, 1.165) is 11.1 Å². The molecule has 4 heteroatoms. The van der Waals surface area contributed by atoms with Crippen molar-refractivity contribution < 1.29 is 4.39 Å². The number of hydrogen-bond donors (Lipinski definition) is 0. The van der Waals surface area contributed by atoms with Gasteiger partial charge in [-0.15, -0.1) is 0 Å². The summed E-state index contributed by atoms with van der Waals surface area (Å²) in [5.74, 6) is 0.345. The van der Waals surface area contributed by atoms with Crippen molar-refractivity contribution in [3.05, 3.63) is 45.6 Å². The Kier molecular flexibility index (Phi) is 4.07. The average molecular weight is 307 g/mol. The maximum atomic E-state index is 14.4. The summed E-state index contributed by atoms with van der Waals surface area (Å²) in [5.41, 5.74) is 3.28. The van der Waals surface area contributed by atoms with E-state index < -0.39 is 0 Å². The standard InChI is InChI=1S/C17H20ClFN2/c1-9-7-10(2)13(12(19)8-9)14-11(3)15(18)21-16(20-14)17(4,5)6/h7-8H,1-6H3. The fourth-order valence-corrected chi connectivity index (χ4v) is 2.45. The van der Waals surface area contributed by atoms with E-state index in [1.165, 1.54) is 6.07 Å². The Morgan fingerprint density at radius 1 is 1.05 bits per heavy atom. The molecule has 0 saturated carbocycles. The molecule has 0 saturated heterocycles. The molecule has 0 aliphatic rings. The van der Waals surface area contributed by atoms with Crippen molar-refractivity contribution in [2.24, 2.45) is 0 Å². The van der Waals surface area contributed by atoms with Gasteiger partial charge >= 0.3 is 0 Å². The Labute approximate surface area is 130 Å². The normalized spacial score (nSPS) is 11.8. The molecule has 21 heavy (non-hydrogen) atoms. The summed E-state index contributed by atoms with van der Waals surface area (Å²) in [6.07, 6.45) is 0. The second-order valence-corrected chi connectivity index (χ2v) is 6.86. The molecule has 2 aromatic rings. The van der Waals surface area contributed by atoms with Crippen LogP contribution in [0.25, 0.3) is 11.3 Å². The van der Waals surface area contributed by atoms with Crippen molar-refractivity contribution in [2.45, 2.75) is 47.0 Å². The zero-order valence-corrected chi connectivity index (χ0v) is 14.1. The minimum absolute atomic E-state index is 0.249. The van der Waals surface area contributed by atoms with Crippen LogP contribution in [0.2, 0.25) is 5.15 Å². The summed E-state index contributed by atoms with van der Waals surface area (Å²) in [5, 5.41) is 0.379. The molecule has 2 rings (SSSR count). The highest BCUT2D eigenvalue weighted by atomic mass is 35.5. The molecule has 0 fully saturated rings. The van der Waals surface area contributed by atoms with Gasteiger partial charge in [-0.1, -0.05) is 38.4 Å². The van der Waals surface area contributed by atoms with Crippen LogP contribution in [0.5, 0.6) is 0 Å². The van der Waals surface area contributed by atoms with Crippen molar-refractivity contribution in [1.29, 1.82) is 0 Å². The monoisotopic (exact) mass is 306 g/mol. The predicted molar refractivity (Wildman–Crippen MR) is 85.3 cm³/mol. The Morgan fingerprint density at radius 2 is 1.67 bits per heavy atom. The van der Waals surface area contributed by atoms with Crippen LogP contribution in [0.3, 0.4) is 0 Å². The van der Waals surface area contributed by atoms with E-state index in [-0.39, 0.29) is 11.2 Å². The Morgan fingerprint density at radius 3 is 2.19 bits per heavy atom. The summed E-state index contributed by atoms with van der Waals surface area (Å²) in [4.78, 5) is 8.93. The molecule has 0 aliphatic carbocycles. The van der Waals surface area contributed by atoms with Gasteiger partial charge in [0.15, 0.2) is 0 Å². The zero-order valence-electron chi connectivity index (χ0n) is 13.3. The third-order valence-corrected chi connectivity index (χ3v) is 3.79. The molecular formula is C17H20ClFN2. The third kappa shape index (κ3) is 3.08. The third-order valence-electron chi connectivity index (χ3n) is 3.43. The van der Waals surface area contributed by atoms with Crippen LogP contribution in [0.15, 0.2) is 12.1 Å². The highest BCUT2D eigenvalue weighted by molar-refractivity contribution is 6.30. The highest BCUT2D eigenvalue weighted by Crippen LogP contribution is 2.33. The molecular weight excluding hydrogens is 287 g/mol. The first-order chi connectivity index (χ1) is 9.61. The Hall–Kier alpha value is -1.48. The fraction of sp³-hybridized carbons (Fsp3) is 0.412. The molecule has 0 radical (unpaired) electrons. The first-order valence-corrected chi connectivity index (χ1v) is 7.31. The first-order valence-electron chi connectivity index (χ1n) is 6.93. The lowest BCUT2D eigenvalue weighted by Crippen LogP contribution is -2.17. The van der Waals surface area contributed by atoms with Gasteiger partial charge in [0.05, 0.1) is 5.69 Å². The van der Waals surface area contributed by atoms with Crippen LogP contribution in [-0.2, 0) is 5.41 Å². The maximum Gasteiger partial charge on any atom is 0.136 e. The van der Waals surface area contributed by atoms with Gasteiger partial charge in [-0.05, 0) is 38.0 Å². The number of aryl methyl sites for hydroxylation is 2. The van der Waals surface area contributed by atoms with Crippen molar-refractivity contribution >= 4 is 11.6 Å². The van der Waals surface area contributed by atoms with Gasteiger partial charge in [0.2, 0.25) is 0 Å². The smallest absolute Gasteiger partial charge is 0.136 e. The van der Waals surface area contributed by atoms with E-state index >= 15 is 0 Å². The van der Waals surface area contributed by atoms with Crippen molar-refractivity contribution in [3.8, 4) is 11.3 Å². The van der Waals surface area contributed by atoms with Crippen LogP contribution in [0.4, 0.5) is 4.39 Å². The number of benzene rings is 1. The van der Waals surface area contributed by atoms with Gasteiger partial charge in [-0.2, -0.15) is 0 Å². The highest BCUT2D eigenvalue weighted by Gasteiger charge is 2.23. The minimum atomic E-state index is -0.273. The lowest BCUT2D eigenvalue weighted by molar-refractivity contribution is 0.545. The van der Waals surface area contributed by atoms with Crippen LogP contribution in [0, 0.1) is 26.6 Å². The van der Waals surface area contributed by atoms with Crippen molar-refractivity contribution in [1.82, 2.24) is 9.97 Å². The van der Waals surface area contributed by atoms with Crippen molar-refractivity contribution in [2.75, 3.05) is 0 Å². The molecule has 0 amide bonds. The van der Waals surface area contributed by atoms with E-state index in [0.29, 0.717) is 27.8 Å². The molecule has 112 valence electrons. The molecule has 0 N–H and O–H groups in total. The second kappa shape index (κ2) is 5.38. The lowest BCUT2D eigenvalue weighted by atomic mass is 9.94. The summed E-state index contributed by atoms with van der Waals surface area (Å²) in [7, 11) is 0. The molecule has 0 spiro atoms. The van der Waals surface area contributed by atoms with E-state index in [1.54, 1.807) is 0 Å². The summed E-state index contributed by atoms with van der Waals surface area (Å²) in [6, 6.07) is 3.47. The molecule has 1 aromatic heterocycles. The Bertz CT molecular complexity index is 680. The number of nitrogens with zero attached hydrogens (tertiary/aromatic N) is 2. The van der Waals surface area contributed by atoms with Gasteiger partial charge < -0.3 is 0 Å². The van der Waals surface area contributed by atoms with E-state index in [1.807, 2.05) is 47.6 Å². The molecule has 0 atom stereocenters. The van der Waals surface area contributed by atoms with Gasteiger partial charge in [0.25, 0.3) is 0 Å². The lowest BCUT2D eigenvalue weighted by Gasteiger charge is -2.20. The predicted octanol–water partition coefficient (Wildman–Crippen LogP) is 5.16. The minimum Gasteiger partial charge on any atom is -0.232 e. The molecule has 0 bridgehead atoms. The van der Waals surface area contributed by atoms with E-state index in [4.69, 9.17) is 11.6 Å². The van der Waals surface area contributed by atoms with Gasteiger partial charge in [0, 0.05) is 16.5 Å². The largest absolute Gasteiger partial charge is 0.232 e. The van der Waals surface area contributed by atoms with Crippen LogP contribution >= 0.6 is 11.6 Å². The number of rotatable bonds is 1. The molecule has 1 heterocycles. The topological polar surface area (TPSA) is 25.8 Å². The van der Waals surface area contributed by atoms with Gasteiger partial charge in [-0.3, -0.25) is 0 Å². The van der Waals surface area contributed by atoms with Crippen LogP contribution in [0.1, 0.15) is 43.3 Å². The molecule has 0 unspecified atom stereocenters. The van der Waals surface area contributed by atoms with Gasteiger partial charge in [-0.25, -0.2) is 14.4 Å². The molecule has 0 aliphatic heterocycles. The van der Waals surface area contributed by atoms with E-state index in [9.17, 15) is 4.39 Å². The number of halogens is 2. The first kappa shape index (κ1) is 15.9. The SMILES string of the molecule is Cc1cc(C)c(-c2nc(C(C)(C)C)nc(Cl)c2C)c(F)c1. The molecule has 2 nitrogen and oxygen atoms in total. The van der Waals surface area contributed by atoms with E-state index in [2.05, 4.69) is 9.97 Å². The number of hydrogen-bond acceptors (Lipinski definition) is 2. The zero-order chi connectivity index (χ0) is 15.9. The van der Waals surface area contributed by atoms with Crippen LogP contribution in [-0.4, -0.2) is 9.97 Å². The average Bonchev–Trinajstić information content (AvgIpc) is 2.31. The Balaban J connectivity index is 2.78. The maximum absolute atomic E-state index is 14.4. The fourth-order valence-electron chi connectivity index (χ4n) is 2.28. The summed E-state index contributed by atoms with van der Waals surface area (Å²) < 4.78 is 14.4. The quantitative estimate of drug-likeness (QED) is 0.680. The van der Waals surface area contributed by atoms with Crippen LogP contribution < -0.4 is 0 Å². The summed E-state index contributed by atoms with van der Waals surface area (Å²) in [6.45, 7) is 11.6. The summed E-state index contributed by atoms with van der Waals surface area (Å²) >= 11 is 6.24. The molecule has 1 aromatic carbocycles. The van der Waals surface area contributed by atoms with Crippen molar-refractivity contribution in [3.63, 3.8) is 0 Å². The van der Waals surface area contributed by atoms with Gasteiger partial charge in [0.1, 0.15) is 16.8 Å².